The molecule has 8 nitrogen and oxygen atoms in total. The van der Waals surface area contributed by atoms with Crippen molar-refractivity contribution >= 4 is 23.3 Å². The minimum Gasteiger partial charge on any atom is -0.497 e. The molecule has 0 saturated carbocycles. The van der Waals surface area contributed by atoms with Crippen LogP contribution in [0.5, 0.6) is 17.2 Å². The molecule has 3 aromatic carbocycles. The Morgan fingerprint density at radius 2 is 1.95 bits per heavy atom. The van der Waals surface area contributed by atoms with Gasteiger partial charge in [-0.15, -0.1) is 0 Å². The van der Waals surface area contributed by atoms with Gasteiger partial charge in [-0.25, -0.2) is 4.39 Å². The number of carbonyl (C=O) groups is 2. The SMILES string of the molecule is COc1ccc2c(c1)O[C@H](COc1cc(F)c(C(=O)Nc3cc(C)cc(CC(=O)O)c3)cc1C)CN2C. The number of carbonyl (C=O) groups excluding carboxylic acids is 1. The number of hydrogen-bond donors (Lipinski definition) is 2. The average Bonchev–Trinajstić information content (AvgIpc) is 2.83. The number of rotatable bonds is 8. The summed E-state index contributed by atoms with van der Waals surface area (Å²) in [6.07, 6.45) is -0.472. The number of ether oxygens (including phenoxy) is 3. The molecule has 0 saturated heterocycles. The number of benzene rings is 3. The van der Waals surface area contributed by atoms with Crippen molar-refractivity contribution in [2.45, 2.75) is 26.4 Å². The smallest absolute Gasteiger partial charge is 0.307 e. The maximum absolute atomic E-state index is 15.0. The van der Waals surface area contributed by atoms with E-state index in [0.717, 1.165) is 11.3 Å². The van der Waals surface area contributed by atoms with Gasteiger partial charge >= 0.3 is 5.97 Å². The highest BCUT2D eigenvalue weighted by Crippen LogP contribution is 2.36. The van der Waals surface area contributed by atoms with Crippen LogP contribution in [0.25, 0.3) is 0 Å². The summed E-state index contributed by atoms with van der Waals surface area (Å²) in [5.74, 6) is -0.663. The number of fused-ring (bicyclic) bond motifs is 1. The van der Waals surface area contributed by atoms with E-state index in [2.05, 4.69) is 10.2 Å². The lowest BCUT2D eigenvalue weighted by Crippen LogP contribution is -2.41. The average molecular weight is 509 g/mol. The van der Waals surface area contributed by atoms with Gasteiger partial charge < -0.3 is 29.5 Å². The number of carboxylic acid groups (broad SMARTS) is 1. The van der Waals surface area contributed by atoms with Gasteiger partial charge in [0.1, 0.15) is 35.8 Å². The van der Waals surface area contributed by atoms with Gasteiger partial charge in [0.15, 0.2) is 0 Å². The quantitative estimate of drug-likeness (QED) is 0.459. The van der Waals surface area contributed by atoms with Gasteiger partial charge in [-0.3, -0.25) is 9.59 Å². The Hall–Kier alpha value is -4.27. The van der Waals surface area contributed by atoms with E-state index in [1.165, 1.54) is 12.1 Å². The number of hydrogen-bond acceptors (Lipinski definition) is 6. The van der Waals surface area contributed by atoms with Gasteiger partial charge in [-0.05, 0) is 60.9 Å². The highest BCUT2D eigenvalue weighted by atomic mass is 19.1. The molecule has 1 atom stereocenters. The standard InChI is InChI=1S/C28H29FN2O6/c1-16-7-18(11-27(32)33)10-19(8-16)30-28(34)22-9-17(2)25(13-23(22)29)36-15-21-14-31(3)24-6-5-20(35-4)12-26(24)37-21/h5-10,12-13,21H,11,14-15H2,1-4H3,(H,30,34)(H,32,33)/t21-/m0/s1. The van der Waals surface area contributed by atoms with Crippen molar-refractivity contribution in [1.29, 1.82) is 0 Å². The number of nitrogens with zero attached hydrogens (tertiary/aromatic N) is 1. The van der Waals surface area contributed by atoms with Gasteiger partial charge in [0, 0.05) is 24.9 Å². The zero-order valence-electron chi connectivity index (χ0n) is 21.1. The molecule has 1 amide bonds. The van der Waals surface area contributed by atoms with Crippen LogP contribution in [0, 0.1) is 19.7 Å². The number of amides is 1. The summed E-state index contributed by atoms with van der Waals surface area (Å²) < 4.78 is 32.2. The summed E-state index contributed by atoms with van der Waals surface area (Å²) >= 11 is 0. The maximum atomic E-state index is 15.0. The predicted octanol–water partition coefficient (Wildman–Crippen LogP) is 4.61. The Morgan fingerprint density at radius 3 is 2.68 bits per heavy atom. The van der Waals surface area contributed by atoms with E-state index in [-0.39, 0.29) is 24.7 Å². The summed E-state index contributed by atoms with van der Waals surface area (Å²) in [5.41, 5.74) is 3.12. The minimum atomic E-state index is -0.977. The molecule has 1 aliphatic heterocycles. The Morgan fingerprint density at radius 1 is 1.16 bits per heavy atom. The third-order valence-corrected chi connectivity index (χ3v) is 6.03. The number of aliphatic carboxylic acids is 1. The third-order valence-electron chi connectivity index (χ3n) is 6.03. The second kappa shape index (κ2) is 10.8. The van der Waals surface area contributed by atoms with E-state index in [1.54, 1.807) is 39.2 Å². The Balaban J connectivity index is 1.44. The van der Waals surface area contributed by atoms with Gasteiger partial charge in [-0.2, -0.15) is 0 Å². The second-order valence-corrected chi connectivity index (χ2v) is 9.09. The van der Waals surface area contributed by atoms with Gasteiger partial charge in [0.05, 0.1) is 31.3 Å². The molecule has 0 fully saturated rings. The molecule has 37 heavy (non-hydrogen) atoms. The fourth-order valence-electron chi connectivity index (χ4n) is 4.32. The molecule has 2 N–H and O–H groups in total. The molecule has 1 heterocycles. The van der Waals surface area contributed by atoms with E-state index in [9.17, 15) is 14.0 Å². The number of likely N-dealkylation sites (N-methyl/N-ethyl adjacent to an activating group) is 1. The Kier molecular flexibility index (Phi) is 7.52. The number of aryl methyl sites for hydroxylation is 2. The fraction of sp³-hybridized carbons (Fsp3) is 0.286. The van der Waals surface area contributed by atoms with Crippen molar-refractivity contribution in [2.24, 2.45) is 0 Å². The number of methoxy groups -OCH3 is 1. The van der Waals surface area contributed by atoms with Crippen molar-refractivity contribution in [3.05, 3.63) is 76.6 Å². The van der Waals surface area contributed by atoms with Crippen LogP contribution in [0.15, 0.2) is 48.5 Å². The number of halogens is 1. The van der Waals surface area contributed by atoms with Crippen LogP contribution in [0.3, 0.4) is 0 Å². The first-order valence-electron chi connectivity index (χ1n) is 11.8. The molecule has 0 unspecified atom stereocenters. The second-order valence-electron chi connectivity index (χ2n) is 9.09. The van der Waals surface area contributed by atoms with Crippen molar-refractivity contribution in [1.82, 2.24) is 0 Å². The zero-order chi connectivity index (χ0) is 26.7. The molecule has 3 aromatic rings. The highest BCUT2D eigenvalue weighted by Gasteiger charge is 2.25. The maximum Gasteiger partial charge on any atom is 0.307 e. The van der Waals surface area contributed by atoms with Gasteiger partial charge in [0.25, 0.3) is 5.91 Å². The molecular formula is C28H29FN2O6. The Bertz CT molecular complexity index is 1340. The molecule has 9 heteroatoms. The van der Waals surface area contributed by atoms with Crippen LogP contribution in [-0.4, -0.2) is 50.4 Å². The molecule has 1 aliphatic rings. The fourth-order valence-corrected chi connectivity index (χ4v) is 4.32. The van der Waals surface area contributed by atoms with E-state index in [1.807, 2.05) is 25.2 Å². The van der Waals surface area contributed by atoms with Crippen LogP contribution in [-0.2, 0) is 11.2 Å². The van der Waals surface area contributed by atoms with E-state index in [0.29, 0.717) is 40.6 Å². The van der Waals surface area contributed by atoms with E-state index in [4.69, 9.17) is 19.3 Å². The lowest BCUT2D eigenvalue weighted by molar-refractivity contribution is -0.136. The predicted molar refractivity (Wildman–Crippen MR) is 138 cm³/mol. The zero-order valence-corrected chi connectivity index (χ0v) is 21.1. The van der Waals surface area contributed by atoms with Crippen molar-refractivity contribution in [3.8, 4) is 17.2 Å². The lowest BCUT2D eigenvalue weighted by Gasteiger charge is -2.34. The minimum absolute atomic E-state index is 0.138. The first-order valence-corrected chi connectivity index (χ1v) is 11.8. The van der Waals surface area contributed by atoms with Crippen LogP contribution in [0.4, 0.5) is 15.8 Å². The third kappa shape index (κ3) is 6.11. The van der Waals surface area contributed by atoms with E-state index >= 15 is 0 Å². The van der Waals surface area contributed by atoms with E-state index < -0.39 is 17.7 Å². The molecule has 0 radical (unpaired) electrons. The van der Waals surface area contributed by atoms with Crippen LogP contribution < -0.4 is 24.4 Å². The number of carboxylic acids is 1. The van der Waals surface area contributed by atoms with Crippen LogP contribution in [0.2, 0.25) is 0 Å². The molecule has 0 bridgehead atoms. The first kappa shape index (κ1) is 25.8. The number of nitrogens with one attached hydrogen (secondary N) is 1. The molecule has 0 aromatic heterocycles. The van der Waals surface area contributed by atoms with Crippen molar-refractivity contribution in [2.75, 3.05) is 37.5 Å². The molecule has 194 valence electrons. The van der Waals surface area contributed by atoms with Crippen molar-refractivity contribution < 1.29 is 33.3 Å². The summed E-state index contributed by atoms with van der Waals surface area (Å²) in [4.78, 5) is 25.9. The van der Waals surface area contributed by atoms with Gasteiger partial charge in [-0.1, -0.05) is 6.07 Å². The monoisotopic (exact) mass is 508 g/mol. The molecule has 0 spiro atoms. The lowest BCUT2D eigenvalue weighted by atomic mass is 10.1. The summed E-state index contributed by atoms with van der Waals surface area (Å²) in [6.45, 7) is 4.29. The topological polar surface area (TPSA) is 97.3 Å². The molecular weight excluding hydrogens is 479 g/mol. The van der Waals surface area contributed by atoms with Crippen molar-refractivity contribution in [3.63, 3.8) is 0 Å². The van der Waals surface area contributed by atoms with Gasteiger partial charge in [0.2, 0.25) is 0 Å². The molecule has 4 rings (SSSR count). The summed E-state index contributed by atoms with van der Waals surface area (Å²) in [5, 5.41) is 11.7. The summed E-state index contributed by atoms with van der Waals surface area (Å²) in [7, 11) is 3.55. The number of anilines is 2. The van der Waals surface area contributed by atoms with Crippen LogP contribution >= 0.6 is 0 Å². The Labute approximate surface area is 214 Å². The largest absolute Gasteiger partial charge is 0.497 e. The summed E-state index contributed by atoms with van der Waals surface area (Å²) in [6, 6.07) is 13.2. The first-order chi connectivity index (χ1) is 17.6. The molecule has 0 aliphatic carbocycles. The highest BCUT2D eigenvalue weighted by molar-refractivity contribution is 6.04. The normalized spacial score (nSPS) is 14.4. The van der Waals surface area contributed by atoms with Crippen LogP contribution in [0.1, 0.15) is 27.0 Å².